The molecular weight excluding hydrogens is 467 g/mol. The minimum Gasteiger partial charge on any atom is -0.462 e. The molecule has 0 aliphatic carbocycles. The van der Waals surface area contributed by atoms with E-state index in [1.54, 1.807) is 36.4 Å². The number of nitrogens with zero attached hydrogens (tertiary/aromatic N) is 2. The van der Waals surface area contributed by atoms with Crippen LogP contribution < -0.4 is 15.9 Å². The minimum absolute atomic E-state index is 0.0186. The molecule has 0 radical (unpaired) electrons. The highest BCUT2D eigenvalue weighted by atomic mass is 19.1. The fourth-order valence-corrected chi connectivity index (χ4v) is 4.81. The number of aromatic nitrogens is 1. The van der Waals surface area contributed by atoms with Crippen molar-refractivity contribution in [1.29, 1.82) is 0 Å². The summed E-state index contributed by atoms with van der Waals surface area (Å²) in [6.07, 6.45) is 1.38. The molecule has 10 heteroatoms. The molecule has 3 aliphatic heterocycles. The zero-order chi connectivity index (χ0) is 25.5. The van der Waals surface area contributed by atoms with Gasteiger partial charge in [-0.3, -0.25) is 0 Å². The second kappa shape index (κ2) is 7.50. The monoisotopic (exact) mass is 491 g/mol. The van der Waals surface area contributed by atoms with E-state index < -0.39 is 35.6 Å². The molecule has 1 spiro atoms. The van der Waals surface area contributed by atoms with Crippen LogP contribution in [0.3, 0.4) is 0 Å². The molecule has 2 aromatic carbocycles. The Morgan fingerprint density at radius 3 is 2.39 bits per heavy atom. The summed E-state index contributed by atoms with van der Waals surface area (Å²) in [6, 6.07) is 11.5. The summed E-state index contributed by atoms with van der Waals surface area (Å²) >= 11 is 0. The number of fused-ring (bicyclic) bond motifs is 4. The van der Waals surface area contributed by atoms with Crippen LogP contribution in [0.2, 0.25) is 0 Å². The lowest BCUT2D eigenvalue weighted by atomic mass is 9.73. The van der Waals surface area contributed by atoms with Gasteiger partial charge in [0.05, 0.1) is 11.2 Å². The third-order valence-electron chi connectivity index (χ3n) is 7.47. The number of aliphatic imine (C=N–C) groups is 1. The van der Waals surface area contributed by atoms with Crippen LogP contribution in [0.15, 0.2) is 53.7 Å². The maximum Gasteiger partial charge on any atom is 0.494 e. The summed E-state index contributed by atoms with van der Waals surface area (Å²) in [6.45, 7) is 7.73. The molecule has 6 rings (SSSR count). The van der Waals surface area contributed by atoms with Crippen molar-refractivity contribution in [3.63, 3.8) is 0 Å². The Bertz CT molecular complexity index is 1430. The average molecular weight is 491 g/mol. The fourth-order valence-electron chi connectivity index (χ4n) is 4.81. The maximum atomic E-state index is 15.6. The van der Waals surface area contributed by atoms with E-state index in [2.05, 4.69) is 9.98 Å². The number of amidine groups is 1. The molecule has 0 bridgehead atoms. The molecule has 3 aromatic rings. The molecule has 2 N–H and O–H groups in total. The number of hydrogen-bond acceptors (Lipinski definition) is 7. The largest absolute Gasteiger partial charge is 0.494 e. The van der Waals surface area contributed by atoms with Gasteiger partial charge in [-0.05, 0) is 69.1 Å². The SMILES string of the molecule is CC1(C)OB(c2cc(F)c3c(c2)[C@]2(COC(N)=N2)c2cc(-c4cccnc4F)ccc2O3)OC1(C)C. The van der Waals surface area contributed by atoms with Gasteiger partial charge in [-0.15, -0.1) is 0 Å². The number of nitrogens with two attached hydrogens (primary N) is 1. The first-order valence-electron chi connectivity index (χ1n) is 11.6. The summed E-state index contributed by atoms with van der Waals surface area (Å²) in [7, 11) is -0.798. The lowest BCUT2D eigenvalue weighted by molar-refractivity contribution is 0.00578. The number of pyridine rings is 1. The lowest BCUT2D eigenvalue weighted by Gasteiger charge is -2.34. The van der Waals surface area contributed by atoms with E-state index in [4.69, 9.17) is 24.5 Å². The Morgan fingerprint density at radius 1 is 0.972 bits per heavy atom. The Morgan fingerprint density at radius 2 is 1.72 bits per heavy atom. The Kier molecular flexibility index (Phi) is 4.78. The van der Waals surface area contributed by atoms with E-state index in [1.165, 1.54) is 12.3 Å². The molecule has 36 heavy (non-hydrogen) atoms. The van der Waals surface area contributed by atoms with Crippen molar-refractivity contribution in [2.45, 2.75) is 44.4 Å². The van der Waals surface area contributed by atoms with Gasteiger partial charge in [0.2, 0.25) is 5.95 Å². The summed E-state index contributed by atoms with van der Waals surface area (Å²) in [5.74, 6) is -0.807. The van der Waals surface area contributed by atoms with Crippen molar-refractivity contribution in [2.75, 3.05) is 6.61 Å². The lowest BCUT2D eigenvalue weighted by Crippen LogP contribution is -2.41. The molecule has 184 valence electrons. The molecule has 0 saturated carbocycles. The Hall–Kier alpha value is -3.50. The maximum absolute atomic E-state index is 15.6. The van der Waals surface area contributed by atoms with Crippen LogP contribution >= 0.6 is 0 Å². The van der Waals surface area contributed by atoms with E-state index in [9.17, 15) is 4.39 Å². The Balaban J connectivity index is 1.52. The van der Waals surface area contributed by atoms with Gasteiger partial charge >= 0.3 is 7.12 Å². The average Bonchev–Trinajstić information content (AvgIpc) is 3.31. The van der Waals surface area contributed by atoms with Crippen molar-refractivity contribution in [3.05, 3.63) is 71.6 Å². The molecule has 1 aromatic heterocycles. The predicted molar refractivity (Wildman–Crippen MR) is 130 cm³/mol. The highest BCUT2D eigenvalue weighted by Crippen LogP contribution is 2.52. The Labute approximate surface area is 207 Å². The molecule has 1 fully saturated rings. The summed E-state index contributed by atoms with van der Waals surface area (Å²) in [5.41, 5.74) is 5.90. The first-order valence-corrected chi connectivity index (χ1v) is 11.6. The van der Waals surface area contributed by atoms with Crippen LogP contribution in [0.4, 0.5) is 8.78 Å². The van der Waals surface area contributed by atoms with Gasteiger partial charge in [0.25, 0.3) is 6.02 Å². The second-order valence-electron chi connectivity index (χ2n) is 10.2. The number of hydrogen-bond donors (Lipinski definition) is 1. The number of benzene rings is 2. The smallest absolute Gasteiger partial charge is 0.462 e. The van der Waals surface area contributed by atoms with Gasteiger partial charge in [0, 0.05) is 22.9 Å². The summed E-state index contributed by atoms with van der Waals surface area (Å²) < 4.78 is 54.0. The molecule has 0 unspecified atom stereocenters. The van der Waals surface area contributed by atoms with Crippen molar-refractivity contribution in [2.24, 2.45) is 10.7 Å². The standard InChI is InChI=1S/C26H24BF2N3O4/c1-24(2)25(3,4)36-27(35-24)15-11-18-21(19(28)12-15)34-20-8-7-14(16-6-5-9-31-22(16)29)10-17(20)26(18)13-33-23(30)32-26/h5-12H,13H2,1-4H3,(H2,30,32)/t26-/m0/s1. The topological polar surface area (TPSA) is 88.2 Å². The van der Waals surface area contributed by atoms with Crippen LogP contribution in [0.5, 0.6) is 11.5 Å². The highest BCUT2D eigenvalue weighted by molar-refractivity contribution is 6.62. The molecular formula is C26H24BF2N3O4. The first kappa shape index (κ1) is 22.9. The minimum atomic E-state index is -1.21. The van der Waals surface area contributed by atoms with Crippen molar-refractivity contribution in [1.82, 2.24) is 4.98 Å². The zero-order valence-corrected chi connectivity index (χ0v) is 20.3. The molecule has 1 atom stereocenters. The van der Waals surface area contributed by atoms with Gasteiger partial charge in [-0.1, -0.05) is 12.1 Å². The van der Waals surface area contributed by atoms with Gasteiger partial charge in [0.15, 0.2) is 17.1 Å². The van der Waals surface area contributed by atoms with E-state index in [1.807, 2.05) is 27.7 Å². The van der Waals surface area contributed by atoms with Crippen LogP contribution in [0.1, 0.15) is 38.8 Å². The van der Waals surface area contributed by atoms with Crippen LogP contribution in [-0.2, 0) is 19.6 Å². The van der Waals surface area contributed by atoms with E-state index in [0.29, 0.717) is 33.5 Å². The summed E-state index contributed by atoms with van der Waals surface area (Å²) in [5, 5.41) is 0. The molecule has 1 saturated heterocycles. The number of rotatable bonds is 2. The van der Waals surface area contributed by atoms with Crippen LogP contribution in [0, 0.1) is 11.8 Å². The van der Waals surface area contributed by atoms with Crippen molar-refractivity contribution >= 4 is 18.6 Å². The van der Waals surface area contributed by atoms with Crippen LogP contribution in [-0.4, -0.2) is 35.9 Å². The van der Waals surface area contributed by atoms with Crippen molar-refractivity contribution < 1.29 is 27.6 Å². The van der Waals surface area contributed by atoms with Gasteiger partial charge in [-0.25, -0.2) is 14.4 Å². The number of ether oxygens (including phenoxy) is 2. The third kappa shape index (κ3) is 3.24. The zero-order valence-electron chi connectivity index (χ0n) is 20.3. The van der Waals surface area contributed by atoms with Crippen LogP contribution in [0.25, 0.3) is 11.1 Å². The molecule has 0 amide bonds. The molecule has 4 heterocycles. The fraction of sp³-hybridized carbons (Fsp3) is 0.308. The third-order valence-corrected chi connectivity index (χ3v) is 7.47. The van der Waals surface area contributed by atoms with E-state index in [-0.39, 0.29) is 18.4 Å². The van der Waals surface area contributed by atoms with Gasteiger partial charge in [0.1, 0.15) is 12.4 Å². The molecule has 3 aliphatic rings. The highest BCUT2D eigenvalue weighted by Gasteiger charge is 2.53. The van der Waals surface area contributed by atoms with Crippen molar-refractivity contribution in [3.8, 4) is 22.6 Å². The van der Waals surface area contributed by atoms with E-state index in [0.717, 1.165) is 0 Å². The van der Waals surface area contributed by atoms with Gasteiger partial charge in [-0.2, -0.15) is 4.39 Å². The van der Waals surface area contributed by atoms with E-state index >= 15 is 4.39 Å². The summed E-state index contributed by atoms with van der Waals surface area (Å²) in [4.78, 5) is 8.37. The number of halogens is 2. The predicted octanol–water partition coefficient (Wildman–Crippen LogP) is 4.02. The molecule has 7 nitrogen and oxygen atoms in total. The normalized spacial score (nSPS) is 23.1. The second-order valence-corrected chi connectivity index (χ2v) is 10.2. The first-order chi connectivity index (χ1) is 17.0. The van der Waals surface area contributed by atoms with Gasteiger partial charge < -0.3 is 24.5 Å². The quantitative estimate of drug-likeness (QED) is 0.431.